The van der Waals surface area contributed by atoms with Gasteiger partial charge in [-0.05, 0) is 12.8 Å². The SMILES string of the molecule is CO[SiH](OC)OC.CO[Si](OC)(OC)C1CCCCC1. The van der Waals surface area contributed by atoms with Gasteiger partial charge in [-0.2, -0.15) is 0 Å². The summed E-state index contributed by atoms with van der Waals surface area (Å²) >= 11 is 0. The van der Waals surface area contributed by atoms with E-state index in [1.807, 2.05) is 0 Å². The van der Waals surface area contributed by atoms with Gasteiger partial charge in [-0.3, -0.25) is 0 Å². The second-order valence-corrected chi connectivity index (χ2v) is 9.79. The Morgan fingerprint density at radius 2 is 1.10 bits per heavy atom. The Morgan fingerprint density at radius 1 is 0.700 bits per heavy atom. The van der Waals surface area contributed by atoms with Crippen molar-refractivity contribution in [1.29, 1.82) is 0 Å². The minimum Gasteiger partial charge on any atom is -0.379 e. The van der Waals surface area contributed by atoms with Crippen LogP contribution in [0.25, 0.3) is 0 Å². The van der Waals surface area contributed by atoms with Crippen LogP contribution >= 0.6 is 0 Å². The van der Waals surface area contributed by atoms with Crippen molar-refractivity contribution in [3.8, 4) is 0 Å². The monoisotopic (exact) mass is 326 g/mol. The molecular weight excluding hydrogens is 296 g/mol. The Morgan fingerprint density at radius 3 is 1.35 bits per heavy atom. The summed E-state index contributed by atoms with van der Waals surface area (Å²) in [5, 5.41) is 0. The molecule has 0 heterocycles. The lowest BCUT2D eigenvalue weighted by molar-refractivity contribution is 0.104. The molecular formula is C12H30O6Si2. The average molecular weight is 327 g/mol. The van der Waals surface area contributed by atoms with E-state index in [9.17, 15) is 0 Å². The average Bonchev–Trinajstić information content (AvgIpc) is 2.53. The van der Waals surface area contributed by atoms with Gasteiger partial charge in [0, 0.05) is 48.2 Å². The van der Waals surface area contributed by atoms with Crippen LogP contribution in [-0.2, 0) is 26.6 Å². The van der Waals surface area contributed by atoms with Crippen LogP contribution in [0.1, 0.15) is 32.1 Å². The van der Waals surface area contributed by atoms with Crippen molar-refractivity contribution in [3.05, 3.63) is 0 Å². The summed E-state index contributed by atoms with van der Waals surface area (Å²) in [5.74, 6) is 0. The van der Waals surface area contributed by atoms with Crippen molar-refractivity contribution in [1.82, 2.24) is 0 Å². The van der Waals surface area contributed by atoms with Gasteiger partial charge in [0.05, 0.1) is 0 Å². The Hall–Kier alpha value is 0.194. The Kier molecular flexibility index (Phi) is 11.9. The van der Waals surface area contributed by atoms with E-state index in [2.05, 4.69) is 0 Å². The summed E-state index contributed by atoms with van der Waals surface area (Å²) in [6, 6.07) is 0. The maximum Gasteiger partial charge on any atom is 0.503 e. The maximum absolute atomic E-state index is 5.47. The lowest BCUT2D eigenvalue weighted by atomic mass is 10.0. The van der Waals surface area contributed by atoms with Crippen molar-refractivity contribution in [3.63, 3.8) is 0 Å². The molecule has 0 aromatic rings. The predicted octanol–water partition coefficient (Wildman–Crippen LogP) is 1.84. The quantitative estimate of drug-likeness (QED) is 0.666. The van der Waals surface area contributed by atoms with Crippen LogP contribution in [0.4, 0.5) is 0 Å². The van der Waals surface area contributed by atoms with Crippen LogP contribution in [-0.4, -0.2) is 61.0 Å². The third-order valence-corrected chi connectivity index (χ3v) is 7.98. The van der Waals surface area contributed by atoms with Gasteiger partial charge in [0.15, 0.2) is 0 Å². The molecule has 1 aliphatic rings. The van der Waals surface area contributed by atoms with Crippen LogP contribution in [0, 0.1) is 0 Å². The summed E-state index contributed by atoms with van der Waals surface area (Å²) in [7, 11) is 5.84. The van der Waals surface area contributed by atoms with Crippen LogP contribution in [0.15, 0.2) is 0 Å². The van der Waals surface area contributed by atoms with E-state index < -0.39 is 18.3 Å². The molecule has 1 aliphatic carbocycles. The third kappa shape index (κ3) is 6.31. The van der Waals surface area contributed by atoms with Gasteiger partial charge < -0.3 is 26.6 Å². The van der Waals surface area contributed by atoms with E-state index in [0.29, 0.717) is 5.54 Å². The standard InChI is InChI=1S/C9H20O3Si.C3H10O3Si/c1-10-13(11-2,12-3)9-7-5-4-6-8-9;1-4-7(5-2)6-3/h9H,4-8H2,1-3H3;7H,1-3H3. The molecule has 0 spiro atoms. The molecule has 1 rings (SSSR count). The van der Waals surface area contributed by atoms with E-state index in [1.165, 1.54) is 32.1 Å². The van der Waals surface area contributed by atoms with Crippen molar-refractivity contribution in [2.24, 2.45) is 0 Å². The van der Waals surface area contributed by atoms with E-state index >= 15 is 0 Å². The van der Waals surface area contributed by atoms with Crippen molar-refractivity contribution in [2.45, 2.75) is 37.6 Å². The van der Waals surface area contributed by atoms with E-state index in [-0.39, 0.29) is 0 Å². The zero-order chi connectivity index (χ0) is 15.4. The van der Waals surface area contributed by atoms with Gasteiger partial charge in [-0.25, -0.2) is 0 Å². The summed E-state index contributed by atoms with van der Waals surface area (Å²) in [6.45, 7) is 0. The summed E-state index contributed by atoms with van der Waals surface area (Å²) in [4.78, 5) is 0. The van der Waals surface area contributed by atoms with Crippen LogP contribution in [0.5, 0.6) is 0 Å². The molecule has 1 saturated carbocycles. The molecule has 6 nitrogen and oxygen atoms in total. The topological polar surface area (TPSA) is 55.4 Å². The molecule has 1 fully saturated rings. The molecule has 0 amide bonds. The van der Waals surface area contributed by atoms with Gasteiger partial charge in [0.1, 0.15) is 0 Å². The largest absolute Gasteiger partial charge is 0.503 e. The normalized spacial score (nSPS) is 16.9. The molecule has 0 radical (unpaired) electrons. The Labute approximate surface area is 126 Å². The number of hydrogen-bond acceptors (Lipinski definition) is 6. The highest BCUT2D eigenvalue weighted by Gasteiger charge is 2.47. The van der Waals surface area contributed by atoms with Crippen LogP contribution in [0.3, 0.4) is 0 Å². The molecule has 0 saturated heterocycles. The zero-order valence-corrected chi connectivity index (χ0v) is 15.8. The molecule has 0 bridgehead atoms. The van der Waals surface area contributed by atoms with Crippen molar-refractivity contribution in [2.75, 3.05) is 42.7 Å². The van der Waals surface area contributed by atoms with Gasteiger partial charge in [-0.1, -0.05) is 19.3 Å². The highest BCUT2D eigenvalue weighted by Crippen LogP contribution is 2.37. The summed E-state index contributed by atoms with van der Waals surface area (Å²) in [6.07, 6.45) is 6.31. The second-order valence-electron chi connectivity index (χ2n) is 4.55. The van der Waals surface area contributed by atoms with E-state index in [0.717, 1.165) is 0 Å². The van der Waals surface area contributed by atoms with Crippen LogP contribution < -0.4 is 0 Å². The molecule has 0 aromatic heterocycles. The fourth-order valence-electron chi connectivity index (χ4n) is 2.49. The van der Waals surface area contributed by atoms with Gasteiger partial charge in [0.2, 0.25) is 0 Å². The molecule has 0 aromatic carbocycles. The van der Waals surface area contributed by atoms with E-state index in [1.54, 1.807) is 42.7 Å². The molecule has 0 atom stereocenters. The maximum atomic E-state index is 5.47. The van der Waals surface area contributed by atoms with Gasteiger partial charge >= 0.3 is 18.3 Å². The van der Waals surface area contributed by atoms with E-state index in [4.69, 9.17) is 26.6 Å². The molecule has 0 aliphatic heterocycles. The first-order valence-electron chi connectivity index (χ1n) is 6.87. The molecule has 0 unspecified atom stereocenters. The first-order valence-corrected chi connectivity index (χ1v) is 10.1. The van der Waals surface area contributed by atoms with Gasteiger partial charge in [-0.15, -0.1) is 0 Å². The zero-order valence-electron chi connectivity index (χ0n) is 13.6. The molecule has 0 N–H and O–H groups in total. The van der Waals surface area contributed by atoms with Gasteiger partial charge in [0.25, 0.3) is 0 Å². The highest BCUT2D eigenvalue weighted by atomic mass is 28.4. The van der Waals surface area contributed by atoms with Crippen molar-refractivity contribution < 1.29 is 26.6 Å². The first kappa shape index (κ1) is 20.2. The smallest absolute Gasteiger partial charge is 0.379 e. The number of rotatable bonds is 7. The number of hydrogen-bond donors (Lipinski definition) is 0. The van der Waals surface area contributed by atoms with Crippen molar-refractivity contribution >= 4 is 18.3 Å². The molecule has 20 heavy (non-hydrogen) atoms. The second kappa shape index (κ2) is 11.8. The lowest BCUT2D eigenvalue weighted by Crippen LogP contribution is -2.48. The minimum atomic E-state index is -2.32. The third-order valence-electron chi connectivity index (χ3n) is 3.54. The lowest BCUT2D eigenvalue weighted by Gasteiger charge is -2.34. The Balaban J connectivity index is 0.000000441. The fraction of sp³-hybridized carbons (Fsp3) is 1.00. The minimum absolute atomic E-state index is 0.515. The highest BCUT2D eigenvalue weighted by molar-refractivity contribution is 6.62. The van der Waals surface area contributed by atoms with Crippen LogP contribution in [0.2, 0.25) is 5.54 Å². The molecule has 122 valence electrons. The Bertz CT molecular complexity index is 204. The summed E-state index contributed by atoms with van der Waals surface area (Å²) < 4.78 is 30.6. The first-order chi connectivity index (χ1) is 9.63. The fourth-order valence-corrected chi connectivity index (χ4v) is 5.69. The molecule has 8 heteroatoms. The summed E-state index contributed by atoms with van der Waals surface area (Å²) in [5.41, 5.74) is 0.515. The predicted molar refractivity (Wildman–Crippen MR) is 81.8 cm³/mol.